The molecule has 1 aliphatic rings. The summed E-state index contributed by atoms with van der Waals surface area (Å²) in [7, 11) is 1.69. The molecule has 0 saturated carbocycles. The number of aromatic nitrogens is 1. The summed E-state index contributed by atoms with van der Waals surface area (Å²) in [6.45, 7) is 2.53. The van der Waals surface area contributed by atoms with Gasteiger partial charge in [0.15, 0.2) is 6.29 Å². The van der Waals surface area contributed by atoms with Gasteiger partial charge in [-0.3, -0.25) is 0 Å². The van der Waals surface area contributed by atoms with E-state index in [4.69, 9.17) is 14.2 Å². The molecule has 2 heterocycles. The molecule has 1 aliphatic heterocycles. The van der Waals surface area contributed by atoms with Gasteiger partial charge in [0.1, 0.15) is 5.75 Å². The molecule has 0 radical (unpaired) electrons. The van der Waals surface area contributed by atoms with E-state index in [0.717, 1.165) is 38.3 Å². The van der Waals surface area contributed by atoms with Crippen molar-refractivity contribution in [3.05, 3.63) is 30.5 Å². The van der Waals surface area contributed by atoms with Crippen LogP contribution in [0.2, 0.25) is 0 Å². The maximum Gasteiger partial charge on any atom is 0.159 e. The molecule has 19 heavy (non-hydrogen) atoms. The van der Waals surface area contributed by atoms with Crippen LogP contribution in [0.5, 0.6) is 5.75 Å². The van der Waals surface area contributed by atoms with Gasteiger partial charge in [0.05, 0.1) is 20.3 Å². The van der Waals surface area contributed by atoms with Crippen LogP contribution in [0.1, 0.15) is 12.8 Å². The van der Waals surface area contributed by atoms with E-state index in [1.54, 1.807) is 7.11 Å². The molecule has 0 aliphatic carbocycles. The Morgan fingerprint density at radius 3 is 2.89 bits per heavy atom. The zero-order chi connectivity index (χ0) is 13.1. The van der Waals surface area contributed by atoms with E-state index < -0.39 is 0 Å². The Labute approximate surface area is 112 Å². The van der Waals surface area contributed by atoms with Crippen LogP contribution in [0.15, 0.2) is 30.5 Å². The molecule has 0 atom stereocenters. The molecule has 1 saturated heterocycles. The van der Waals surface area contributed by atoms with Crippen molar-refractivity contribution in [2.75, 3.05) is 20.3 Å². The molecule has 0 amide bonds. The molecule has 4 heteroatoms. The zero-order valence-electron chi connectivity index (χ0n) is 11.2. The maximum atomic E-state index is 5.57. The molecular weight excluding hydrogens is 242 g/mol. The molecule has 0 N–H and O–H groups in total. The standard InChI is InChI=1S/C15H19NO3/c1-17-13-3-4-14-12(11-13)5-7-16(14)8-6-15-18-9-2-10-19-15/h3-5,7,11,15H,2,6,8-10H2,1H3. The minimum Gasteiger partial charge on any atom is -0.497 e. The first-order valence-corrected chi connectivity index (χ1v) is 6.73. The molecule has 1 aromatic carbocycles. The second kappa shape index (κ2) is 5.63. The fraction of sp³-hybridized carbons (Fsp3) is 0.467. The minimum absolute atomic E-state index is 0.0514. The highest BCUT2D eigenvalue weighted by molar-refractivity contribution is 5.81. The average molecular weight is 261 g/mol. The van der Waals surface area contributed by atoms with Gasteiger partial charge in [0, 0.05) is 30.1 Å². The summed E-state index contributed by atoms with van der Waals surface area (Å²) in [4.78, 5) is 0. The first-order valence-electron chi connectivity index (χ1n) is 6.73. The maximum absolute atomic E-state index is 5.57. The number of fused-ring (bicyclic) bond motifs is 1. The number of benzene rings is 1. The second-order valence-electron chi connectivity index (χ2n) is 4.75. The summed E-state index contributed by atoms with van der Waals surface area (Å²) in [5, 5.41) is 1.20. The third-order valence-corrected chi connectivity index (χ3v) is 3.48. The first kappa shape index (κ1) is 12.5. The fourth-order valence-electron chi connectivity index (χ4n) is 2.45. The third kappa shape index (κ3) is 2.74. The van der Waals surface area contributed by atoms with E-state index in [2.05, 4.69) is 29.0 Å². The van der Waals surface area contributed by atoms with Gasteiger partial charge in [-0.05, 0) is 30.7 Å². The Balaban J connectivity index is 1.70. The first-order chi connectivity index (χ1) is 9.36. The average Bonchev–Trinajstić information content (AvgIpc) is 2.88. The highest BCUT2D eigenvalue weighted by atomic mass is 16.7. The van der Waals surface area contributed by atoms with Gasteiger partial charge >= 0.3 is 0 Å². The topological polar surface area (TPSA) is 32.6 Å². The van der Waals surface area contributed by atoms with Crippen LogP contribution in [0, 0.1) is 0 Å². The number of hydrogen-bond donors (Lipinski definition) is 0. The van der Waals surface area contributed by atoms with Crippen LogP contribution < -0.4 is 4.74 Å². The predicted molar refractivity (Wildman–Crippen MR) is 73.4 cm³/mol. The zero-order valence-corrected chi connectivity index (χ0v) is 11.2. The molecule has 102 valence electrons. The summed E-state index contributed by atoms with van der Waals surface area (Å²) in [5.41, 5.74) is 1.22. The summed E-state index contributed by atoms with van der Waals surface area (Å²) < 4.78 is 18.6. The number of rotatable bonds is 4. The lowest BCUT2D eigenvalue weighted by Crippen LogP contribution is -2.25. The van der Waals surface area contributed by atoms with Crippen molar-refractivity contribution in [2.45, 2.75) is 25.7 Å². The van der Waals surface area contributed by atoms with Gasteiger partial charge in [-0.2, -0.15) is 0 Å². The molecule has 3 rings (SSSR count). The second-order valence-corrected chi connectivity index (χ2v) is 4.75. The van der Waals surface area contributed by atoms with E-state index in [1.807, 2.05) is 6.07 Å². The quantitative estimate of drug-likeness (QED) is 0.848. The van der Waals surface area contributed by atoms with Crippen molar-refractivity contribution >= 4 is 10.9 Å². The minimum atomic E-state index is -0.0514. The lowest BCUT2D eigenvalue weighted by Gasteiger charge is -2.23. The van der Waals surface area contributed by atoms with E-state index in [-0.39, 0.29) is 6.29 Å². The largest absolute Gasteiger partial charge is 0.497 e. The van der Waals surface area contributed by atoms with E-state index in [1.165, 1.54) is 10.9 Å². The van der Waals surface area contributed by atoms with Crippen LogP contribution in [0.3, 0.4) is 0 Å². The Morgan fingerprint density at radius 1 is 1.26 bits per heavy atom. The van der Waals surface area contributed by atoms with Crippen LogP contribution >= 0.6 is 0 Å². The third-order valence-electron chi connectivity index (χ3n) is 3.48. The summed E-state index contributed by atoms with van der Waals surface area (Å²) in [6, 6.07) is 8.25. The molecule has 0 unspecified atom stereocenters. The Hall–Kier alpha value is -1.52. The van der Waals surface area contributed by atoms with Gasteiger partial charge in [-0.25, -0.2) is 0 Å². The summed E-state index contributed by atoms with van der Waals surface area (Å²) in [5.74, 6) is 0.893. The number of ether oxygens (including phenoxy) is 3. The highest BCUT2D eigenvalue weighted by Gasteiger charge is 2.14. The number of hydrogen-bond acceptors (Lipinski definition) is 3. The van der Waals surface area contributed by atoms with Crippen LogP contribution in [-0.2, 0) is 16.0 Å². The SMILES string of the molecule is COc1ccc2c(ccn2CCC2OCCCO2)c1. The molecule has 0 spiro atoms. The number of methoxy groups -OCH3 is 1. The Bertz CT molecular complexity index is 543. The molecule has 0 bridgehead atoms. The van der Waals surface area contributed by atoms with Gasteiger partial charge in [0.2, 0.25) is 0 Å². The number of nitrogens with zero attached hydrogens (tertiary/aromatic N) is 1. The van der Waals surface area contributed by atoms with E-state index in [9.17, 15) is 0 Å². The number of aryl methyl sites for hydroxylation is 1. The van der Waals surface area contributed by atoms with Crippen molar-refractivity contribution in [1.29, 1.82) is 0 Å². The van der Waals surface area contributed by atoms with Crippen LogP contribution in [0.25, 0.3) is 10.9 Å². The van der Waals surface area contributed by atoms with Gasteiger partial charge in [-0.1, -0.05) is 0 Å². The van der Waals surface area contributed by atoms with Gasteiger partial charge in [-0.15, -0.1) is 0 Å². The summed E-state index contributed by atoms with van der Waals surface area (Å²) in [6.07, 6.45) is 3.94. The van der Waals surface area contributed by atoms with Crippen molar-refractivity contribution < 1.29 is 14.2 Å². The normalized spacial score (nSPS) is 16.9. The van der Waals surface area contributed by atoms with E-state index >= 15 is 0 Å². The van der Waals surface area contributed by atoms with Crippen LogP contribution in [-0.4, -0.2) is 31.2 Å². The smallest absolute Gasteiger partial charge is 0.159 e. The lowest BCUT2D eigenvalue weighted by atomic mass is 10.2. The summed E-state index contributed by atoms with van der Waals surface area (Å²) >= 11 is 0. The van der Waals surface area contributed by atoms with Crippen molar-refractivity contribution in [2.24, 2.45) is 0 Å². The van der Waals surface area contributed by atoms with Gasteiger partial charge < -0.3 is 18.8 Å². The van der Waals surface area contributed by atoms with Gasteiger partial charge in [0.25, 0.3) is 0 Å². The van der Waals surface area contributed by atoms with Crippen molar-refractivity contribution in [3.8, 4) is 5.75 Å². The Kier molecular flexibility index (Phi) is 3.71. The molecule has 2 aromatic rings. The monoisotopic (exact) mass is 261 g/mol. The predicted octanol–water partition coefficient (Wildman–Crippen LogP) is 2.80. The molecule has 4 nitrogen and oxygen atoms in total. The highest BCUT2D eigenvalue weighted by Crippen LogP contribution is 2.22. The Morgan fingerprint density at radius 2 is 2.11 bits per heavy atom. The molecule has 1 aromatic heterocycles. The fourth-order valence-corrected chi connectivity index (χ4v) is 2.45. The van der Waals surface area contributed by atoms with Crippen molar-refractivity contribution in [3.63, 3.8) is 0 Å². The van der Waals surface area contributed by atoms with Crippen molar-refractivity contribution in [1.82, 2.24) is 4.57 Å². The lowest BCUT2D eigenvalue weighted by molar-refractivity contribution is -0.182. The molecule has 1 fully saturated rings. The molecular formula is C15H19NO3. The van der Waals surface area contributed by atoms with Crippen LogP contribution in [0.4, 0.5) is 0 Å². The van der Waals surface area contributed by atoms with E-state index in [0.29, 0.717) is 0 Å².